The van der Waals surface area contributed by atoms with Crippen molar-refractivity contribution in [1.29, 1.82) is 0 Å². The quantitative estimate of drug-likeness (QED) is 0.606. The molecule has 0 aromatic rings. The van der Waals surface area contributed by atoms with Gasteiger partial charge in [-0.1, -0.05) is 18.8 Å². The van der Waals surface area contributed by atoms with Crippen LogP contribution in [0.15, 0.2) is 0 Å². The Hall–Kier alpha value is -0.520. The lowest BCUT2D eigenvalue weighted by Gasteiger charge is -2.30. The molecule has 1 rings (SSSR count). The van der Waals surface area contributed by atoms with Crippen LogP contribution in [0, 0.1) is 18.3 Å². The third-order valence-electron chi connectivity index (χ3n) is 2.68. The van der Waals surface area contributed by atoms with E-state index in [1.54, 1.807) is 0 Å². The topological polar surface area (TPSA) is 38.0 Å². The highest BCUT2D eigenvalue weighted by Gasteiger charge is 2.22. The highest BCUT2D eigenvalue weighted by molar-refractivity contribution is 4.90. The molecule has 1 fully saturated rings. The van der Waals surface area contributed by atoms with Gasteiger partial charge in [-0.2, -0.15) is 0 Å². The van der Waals surface area contributed by atoms with Crippen molar-refractivity contribution in [3.8, 4) is 12.3 Å². The zero-order valence-electron chi connectivity index (χ0n) is 7.55. The minimum Gasteiger partial charge on any atom is -0.330 e. The van der Waals surface area contributed by atoms with E-state index in [9.17, 15) is 0 Å². The fourth-order valence-electron chi connectivity index (χ4n) is 1.95. The van der Waals surface area contributed by atoms with Gasteiger partial charge in [0.25, 0.3) is 0 Å². The maximum Gasteiger partial charge on any atom is 0.0576 e. The molecule has 2 unspecified atom stereocenters. The Morgan fingerprint density at radius 2 is 2.17 bits per heavy atom. The summed E-state index contributed by atoms with van der Waals surface area (Å²) < 4.78 is 0. The van der Waals surface area contributed by atoms with Gasteiger partial charge in [-0.05, 0) is 25.3 Å². The summed E-state index contributed by atoms with van der Waals surface area (Å²) in [7, 11) is 0. The van der Waals surface area contributed by atoms with E-state index in [-0.39, 0.29) is 0 Å². The molecule has 0 aromatic heterocycles. The van der Waals surface area contributed by atoms with Gasteiger partial charge >= 0.3 is 0 Å². The smallest absolute Gasteiger partial charge is 0.0576 e. The van der Waals surface area contributed by atoms with Crippen molar-refractivity contribution in [2.75, 3.05) is 13.1 Å². The van der Waals surface area contributed by atoms with Crippen LogP contribution >= 0.6 is 0 Å². The summed E-state index contributed by atoms with van der Waals surface area (Å²) in [5.41, 5.74) is 5.67. The van der Waals surface area contributed by atoms with Gasteiger partial charge in [0.1, 0.15) is 0 Å². The second-order valence-electron chi connectivity index (χ2n) is 3.47. The zero-order chi connectivity index (χ0) is 8.81. The summed E-state index contributed by atoms with van der Waals surface area (Å²) in [5.74, 6) is 3.25. The van der Waals surface area contributed by atoms with Crippen molar-refractivity contribution >= 4 is 0 Å². The number of hydrogen-bond donors (Lipinski definition) is 2. The summed E-state index contributed by atoms with van der Waals surface area (Å²) in [6.07, 6.45) is 10.3. The van der Waals surface area contributed by atoms with Gasteiger partial charge in [-0.3, -0.25) is 0 Å². The Bertz CT molecular complexity index is 160. The second kappa shape index (κ2) is 5.18. The fraction of sp³-hybridized carbons (Fsp3) is 0.800. The fourth-order valence-corrected chi connectivity index (χ4v) is 1.95. The normalized spacial score (nSPS) is 29.7. The Morgan fingerprint density at radius 1 is 1.42 bits per heavy atom. The first-order valence-electron chi connectivity index (χ1n) is 4.75. The van der Waals surface area contributed by atoms with Crippen molar-refractivity contribution in [3.63, 3.8) is 0 Å². The SMILES string of the molecule is C#CCNC1CCCCC1CN. The van der Waals surface area contributed by atoms with E-state index in [1.807, 2.05) is 0 Å². The lowest BCUT2D eigenvalue weighted by atomic mass is 9.84. The summed E-state index contributed by atoms with van der Waals surface area (Å²) >= 11 is 0. The lowest BCUT2D eigenvalue weighted by Crippen LogP contribution is -2.41. The molecule has 0 saturated heterocycles. The van der Waals surface area contributed by atoms with E-state index in [1.165, 1.54) is 25.7 Å². The van der Waals surface area contributed by atoms with Crippen LogP contribution < -0.4 is 11.1 Å². The summed E-state index contributed by atoms with van der Waals surface area (Å²) in [6, 6.07) is 0.569. The minimum absolute atomic E-state index is 0.569. The van der Waals surface area contributed by atoms with E-state index in [4.69, 9.17) is 12.2 Å². The second-order valence-corrected chi connectivity index (χ2v) is 3.47. The van der Waals surface area contributed by atoms with Gasteiger partial charge in [0.15, 0.2) is 0 Å². The van der Waals surface area contributed by atoms with Crippen molar-refractivity contribution in [2.45, 2.75) is 31.7 Å². The van der Waals surface area contributed by atoms with Gasteiger partial charge in [-0.25, -0.2) is 0 Å². The maximum atomic E-state index is 5.67. The van der Waals surface area contributed by atoms with Crippen LogP contribution in [0.3, 0.4) is 0 Å². The third kappa shape index (κ3) is 2.51. The zero-order valence-corrected chi connectivity index (χ0v) is 7.55. The molecule has 0 spiro atoms. The number of nitrogens with two attached hydrogens (primary N) is 1. The van der Waals surface area contributed by atoms with E-state index >= 15 is 0 Å². The van der Waals surface area contributed by atoms with Crippen LogP contribution in [0.5, 0.6) is 0 Å². The predicted molar refractivity (Wildman–Crippen MR) is 51.6 cm³/mol. The monoisotopic (exact) mass is 166 g/mol. The molecule has 0 aliphatic heterocycles. The van der Waals surface area contributed by atoms with Gasteiger partial charge in [0.2, 0.25) is 0 Å². The van der Waals surface area contributed by atoms with E-state index in [2.05, 4.69) is 11.2 Å². The Balaban J connectivity index is 2.32. The highest BCUT2D eigenvalue weighted by atomic mass is 14.9. The molecule has 2 atom stereocenters. The van der Waals surface area contributed by atoms with Crippen molar-refractivity contribution in [2.24, 2.45) is 11.7 Å². The molecule has 1 aliphatic rings. The average Bonchev–Trinajstić information content (AvgIpc) is 2.15. The summed E-state index contributed by atoms with van der Waals surface area (Å²) in [6.45, 7) is 1.48. The van der Waals surface area contributed by atoms with Crippen LogP contribution in [-0.4, -0.2) is 19.1 Å². The number of hydrogen-bond acceptors (Lipinski definition) is 2. The Morgan fingerprint density at radius 3 is 2.83 bits per heavy atom. The van der Waals surface area contributed by atoms with Crippen molar-refractivity contribution < 1.29 is 0 Å². The van der Waals surface area contributed by atoms with Gasteiger partial charge in [0.05, 0.1) is 6.54 Å². The maximum absolute atomic E-state index is 5.67. The molecule has 3 N–H and O–H groups in total. The van der Waals surface area contributed by atoms with Crippen molar-refractivity contribution in [1.82, 2.24) is 5.32 Å². The van der Waals surface area contributed by atoms with Gasteiger partial charge in [-0.15, -0.1) is 6.42 Å². The average molecular weight is 166 g/mol. The van der Waals surface area contributed by atoms with Crippen LogP contribution in [0.1, 0.15) is 25.7 Å². The van der Waals surface area contributed by atoms with Crippen LogP contribution in [0.2, 0.25) is 0 Å². The largest absolute Gasteiger partial charge is 0.330 e. The molecule has 2 heteroatoms. The minimum atomic E-state index is 0.569. The first kappa shape index (κ1) is 9.57. The molecule has 1 aliphatic carbocycles. The number of nitrogens with one attached hydrogen (secondary N) is 1. The van der Waals surface area contributed by atoms with E-state index < -0.39 is 0 Å². The summed E-state index contributed by atoms with van der Waals surface area (Å²) in [4.78, 5) is 0. The van der Waals surface area contributed by atoms with Crippen molar-refractivity contribution in [3.05, 3.63) is 0 Å². The molecule has 0 amide bonds. The highest BCUT2D eigenvalue weighted by Crippen LogP contribution is 2.23. The lowest BCUT2D eigenvalue weighted by molar-refractivity contribution is 0.276. The molecular formula is C10H18N2. The molecule has 12 heavy (non-hydrogen) atoms. The molecule has 1 saturated carbocycles. The molecule has 0 bridgehead atoms. The number of terminal acetylenes is 1. The predicted octanol–water partition coefficient (Wildman–Crippen LogP) is 0.727. The number of rotatable bonds is 3. The standard InChI is InChI=1S/C10H18N2/c1-2-7-12-10-6-4-3-5-9(10)8-11/h1,9-10,12H,3-8,11H2. The summed E-state index contributed by atoms with van der Waals surface area (Å²) in [5, 5.41) is 3.36. The first-order chi connectivity index (χ1) is 5.88. The molecule has 0 heterocycles. The van der Waals surface area contributed by atoms with E-state index in [0.29, 0.717) is 18.5 Å². The van der Waals surface area contributed by atoms with Gasteiger partial charge < -0.3 is 11.1 Å². The molecular weight excluding hydrogens is 148 g/mol. The third-order valence-corrected chi connectivity index (χ3v) is 2.68. The van der Waals surface area contributed by atoms with E-state index in [0.717, 1.165) is 6.54 Å². The molecule has 0 aromatic carbocycles. The van der Waals surface area contributed by atoms with Crippen LogP contribution in [0.25, 0.3) is 0 Å². The molecule has 68 valence electrons. The molecule has 0 radical (unpaired) electrons. The molecule has 2 nitrogen and oxygen atoms in total. The van der Waals surface area contributed by atoms with Crippen LogP contribution in [-0.2, 0) is 0 Å². The Labute approximate surface area is 74.9 Å². The Kier molecular flexibility index (Phi) is 4.13. The van der Waals surface area contributed by atoms with Gasteiger partial charge in [0, 0.05) is 6.04 Å². The van der Waals surface area contributed by atoms with Crippen LogP contribution in [0.4, 0.5) is 0 Å². The first-order valence-corrected chi connectivity index (χ1v) is 4.75.